The minimum absolute atomic E-state index is 0.0613. The number of hydrogen-bond donors (Lipinski definition) is 2. The Morgan fingerprint density at radius 3 is 2.71 bits per heavy atom. The van der Waals surface area contributed by atoms with Crippen molar-refractivity contribution in [3.63, 3.8) is 0 Å². The number of aliphatic hydroxyl groups is 1. The van der Waals surface area contributed by atoms with E-state index in [0.717, 1.165) is 31.8 Å². The predicted molar refractivity (Wildman–Crippen MR) is 55.2 cm³/mol. The third-order valence-corrected chi connectivity index (χ3v) is 3.66. The van der Waals surface area contributed by atoms with Crippen LogP contribution in [0.4, 0.5) is 0 Å². The van der Waals surface area contributed by atoms with E-state index >= 15 is 0 Å². The molecule has 2 atom stereocenters. The van der Waals surface area contributed by atoms with Crippen molar-refractivity contribution in [1.29, 1.82) is 0 Å². The molecule has 0 heterocycles. The summed E-state index contributed by atoms with van der Waals surface area (Å²) in [6, 6.07) is 0. The first kappa shape index (κ1) is 10.4. The van der Waals surface area contributed by atoms with Crippen molar-refractivity contribution < 1.29 is 9.84 Å². The average Bonchev–Trinajstić information content (AvgIpc) is 2.96. The van der Waals surface area contributed by atoms with E-state index in [9.17, 15) is 5.11 Å². The van der Waals surface area contributed by atoms with Crippen LogP contribution in [0, 0.1) is 5.92 Å². The Hall–Kier alpha value is -0.120. The molecule has 2 unspecified atom stereocenters. The van der Waals surface area contributed by atoms with Gasteiger partial charge in [0.05, 0.1) is 12.7 Å². The molecule has 0 aliphatic heterocycles. The summed E-state index contributed by atoms with van der Waals surface area (Å²) in [5.74, 6) is 0.841. The number of likely N-dealkylation sites (N-methyl/N-ethyl adjacent to an activating group) is 1. The number of nitrogens with one attached hydrogen (secondary N) is 1. The molecule has 0 radical (unpaired) electrons. The summed E-state index contributed by atoms with van der Waals surface area (Å²) in [5, 5.41) is 12.5. The van der Waals surface area contributed by atoms with Gasteiger partial charge in [-0.15, -0.1) is 0 Å². The molecule has 0 spiro atoms. The normalized spacial score (nSPS) is 37.7. The highest BCUT2D eigenvalue weighted by atomic mass is 16.5. The van der Waals surface area contributed by atoms with Gasteiger partial charge in [0.15, 0.2) is 0 Å². The molecule has 0 saturated heterocycles. The van der Waals surface area contributed by atoms with Crippen LogP contribution in [0.5, 0.6) is 0 Å². The lowest BCUT2D eigenvalue weighted by atomic mass is 9.99. The molecule has 0 amide bonds. The summed E-state index contributed by atoms with van der Waals surface area (Å²) in [7, 11) is 1.93. The Morgan fingerprint density at radius 1 is 1.43 bits per heavy atom. The molecule has 82 valence electrons. The van der Waals surface area contributed by atoms with Gasteiger partial charge in [0.1, 0.15) is 0 Å². The van der Waals surface area contributed by atoms with Crippen LogP contribution in [0.2, 0.25) is 0 Å². The quantitative estimate of drug-likeness (QED) is 0.691. The first-order valence-electron chi connectivity index (χ1n) is 5.69. The molecular formula is C11H21NO2. The second-order valence-corrected chi connectivity index (χ2v) is 4.83. The van der Waals surface area contributed by atoms with Gasteiger partial charge in [0.25, 0.3) is 0 Å². The highest BCUT2D eigenvalue weighted by Crippen LogP contribution is 2.34. The molecule has 2 saturated carbocycles. The van der Waals surface area contributed by atoms with Gasteiger partial charge < -0.3 is 15.2 Å². The van der Waals surface area contributed by atoms with Crippen LogP contribution in [-0.4, -0.2) is 37.0 Å². The molecule has 2 N–H and O–H groups in total. The van der Waals surface area contributed by atoms with E-state index in [0.29, 0.717) is 6.10 Å². The first-order valence-corrected chi connectivity index (χ1v) is 5.69. The highest BCUT2D eigenvalue weighted by Gasteiger charge is 2.38. The van der Waals surface area contributed by atoms with Crippen LogP contribution in [0.15, 0.2) is 0 Å². The maximum Gasteiger partial charge on any atom is 0.0614 e. The van der Waals surface area contributed by atoms with Crippen molar-refractivity contribution in [3.8, 4) is 0 Å². The number of hydrogen-bond acceptors (Lipinski definition) is 3. The number of ether oxygens (including phenoxy) is 1. The largest absolute Gasteiger partial charge is 0.394 e. The van der Waals surface area contributed by atoms with Crippen molar-refractivity contribution >= 4 is 0 Å². The molecule has 0 aromatic heterocycles. The van der Waals surface area contributed by atoms with Crippen LogP contribution in [0.1, 0.15) is 32.1 Å². The SMILES string of the molecule is CNC1(CO)CCC(OCC2CC2)C1. The Morgan fingerprint density at radius 2 is 2.21 bits per heavy atom. The van der Waals surface area contributed by atoms with Crippen LogP contribution >= 0.6 is 0 Å². The van der Waals surface area contributed by atoms with Gasteiger partial charge in [-0.3, -0.25) is 0 Å². The summed E-state index contributed by atoms with van der Waals surface area (Å²) in [4.78, 5) is 0. The molecule has 14 heavy (non-hydrogen) atoms. The molecule has 0 aromatic carbocycles. The van der Waals surface area contributed by atoms with Crippen LogP contribution in [-0.2, 0) is 4.74 Å². The first-order chi connectivity index (χ1) is 6.78. The topological polar surface area (TPSA) is 41.5 Å². The van der Waals surface area contributed by atoms with Gasteiger partial charge in [0, 0.05) is 12.1 Å². The van der Waals surface area contributed by atoms with Crippen molar-refractivity contribution in [3.05, 3.63) is 0 Å². The maximum atomic E-state index is 9.31. The second-order valence-electron chi connectivity index (χ2n) is 4.83. The maximum absolute atomic E-state index is 9.31. The van der Waals surface area contributed by atoms with Crippen LogP contribution in [0.25, 0.3) is 0 Å². The Balaban J connectivity index is 1.74. The third kappa shape index (κ3) is 2.27. The van der Waals surface area contributed by atoms with Gasteiger partial charge in [-0.25, -0.2) is 0 Å². The smallest absolute Gasteiger partial charge is 0.0614 e. The molecule has 3 nitrogen and oxygen atoms in total. The number of rotatable bonds is 5. The van der Waals surface area contributed by atoms with Crippen molar-refractivity contribution in [2.45, 2.75) is 43.7 Å². The molecule has 2 rings (SSSR count). The van der Waals surface area contributed by atoms with Crippen LogP contribution < -0.4 is 5.32 Å². The molecule has 0 aromatic rings. The summed E-state index contributed by atoms with van der Waals surface area (Å²) >= 11 is 0. The van der Waals surface area contributed by atoms with Gasteiger partial charge >= 0.3 is 0 Å². The zero-order valence-electron chi connectivity index (χ0n) is 8.96. The summed E-state index contributed by atoms with van der Waals surface area (Å²) in [6.07, 6.45) is 6.17. The van der Waals surface area contributed by atoms with E-state index in [2.05, 4.69) is 5.32 Å². The lowest BCUT2D eigenvalue weighted by molar-refractivity contribution is 0.0410. The van der Waals surface area contributed by atoms with Gasteiger partial charge in [0.2, 0.25) is 0 Å². The minimum Gasteiger partial charge on any atom is -0.394 e. The van der Waals surface area contributed by atoms with Crippen molar-refractivity contribution in [2.24, 2.45) is 5.92 Å². The second kappa shape index (κ2) is 4.17. The lowest BCUT2D eigenvalue weighted by Crippen LogP contribution is -2.44. The van der Waals surface area contributed by atoms with E-state index in [-0.39, 0.29) is 12.1 Å². The minimum atomic E-state index is -0.0613. The lowest BCUT2D eigenvalue weighted by Gasteiger charge is -2.26. The van der Waals surface area contributed by atoms with Gasteiger partial charge in [-0.2, -0.15) is 0 Å². The van der Waals surface area contributed by atoms with E-state index in [1.165, 1.54) is 12.8 Å². The fraction of sp³-hybridized carbons (Fsp3) is 1.00. The van der Waals surface area contributed by atoms with Crippen molar-refractivity contribution in [1.82, 2.24) is 5.32 Å². The molecule has 2 aliphatic carbocycles. The third-order valence-electron chi connectivity index (χ3n) is 3.66. The van der Waals surface area contributed by atoms with E-state index in [1.807, 2.05) is 7.05 Å². The van der Waals surface area contributed by atoms with E-state index < -0.39 is 0 Å². The predicted octanol–water partition coefficient (Wildman–Crippen LogP) is 0.916. The molecule has 3 heteroatoms. The zero-order chi connectivity index (χ0) is 10.0. The average molecular weight is 199 g/mol. The molecular weight excluding hydrogens is 178 g/mol. The summed E-state index contributed by atoms with van der Waals surface area (Å²) in [5.41, 5.74) is -0.0613. The standard InChI is InChI=1S/C11H21NO2/c1-12-11(8-13)5-4-10(6-11)14-7-9-2-3-9/h9-10,12-13H,2-8H2,1H3. The van der Waals surface area contributed by atoms with Gasteiger partial charge in [-0.05, 0) is 45.1 Å². The summed E-state index contributed by atoms with van der Waals surface area (Å²) in [6.45, 7) is 1.17. The molecule has 2 fully saturated rings. The zero-order valence-corrected chi connectivity index (χ0v) is 8.96. The summed E-state index contributed by atoms with van der Waals surface area (Å²) < 4.78 is 5.83. The van der Waals surface area contributed by atoms with Gasteiger partial charge in [-0.1, -0.05) is 0 Å². The Labute approximate surface area is 85.8 Å². The van der Waals surface area contributed by atoms with Crippen LogP contribution in [0.3, 0.4) is 0 Å². The Bertz CT molecular complexity index is 188. The monoisotopic (exact) mass is 199 g/mol. The fourth-order valence-electron chi connectivity index (χ4n) is 2.23. The number of aliphatic hydroxyl groups excluding tert-OH is 1. The Kier molecular flexibility index (Phi) is 3.10. The highest BCUT2D eigenvalue weighted by molar-refractivity contribution is 4.95. The molecule has 0 bridgehead atoms. The molecule has 2 aliphatic rings. The van der Waals surface area contributed by atoms with Crippen molar-refractivity contribution in [2.75, 3.05) is 20.3 Å². The van der Waals surface area contributed by atoms with E-state index in [1.54, 1.807) is 0 Å². The fourth-order valence-corrected chi connectivity index (χ4v) is 2.23. The van der Waals surface area contributed by atoms with E-state index in [4.69, 9.17) is 4.74 Å².